The maximum absolute atomic E-state index is 13.4. The minimum atomic E-state index is -0.262. The third-order valence-electron chi connectivity index (χ3n) is 8.60. The summed E-state index contributed by atoms with van der Waals surface area (Å²) in [6.07, 6.45) is 8.46. The van der Waals surface area contributed by atoms with Gasteiger partial charge >= 0.3 is 5.97 Å². The molecular weight excluding hydrogens is 340 g/mol. The first-order valence-corrected chi connectivity index (χ1v) is 10.6. The SMILES string of the molecule is CC(=O)OC1CC[C@@]2(C)[C@@H](CC[C@@H]3[C@@H]2C(=O)C[C@]2(C)C(C(C)=O)=CC[C@@H]32)C1. The van der Waals surface area contributed by atoms with Gasteiger partial charge in [-0.15, -0.1) is 0 Å². The number of carbonyl (C=O) groups excluding carboxylic acids is 3. The zero-order valence-corrected chi connectivity index (χ0v) is 17.0. The summed E-state index contributed by atoms with van der Waals surface area (Å²) in [4.78, 5) is 37.0. The van der Waals surface area contributed by atoms with Crippen molar-refractivity contribution in [3.63, 3.8) is 0 Å². The van der Waals surface area contributed by atoms with Gasteiger partial charge in [-0.3, -0.25) is 14.4 Å². The number of fused-ring (bicyclic) bond motifs is 5. The fourth-order valence-corrected chi connectivity index (χ4v) is 7.50. The van der Waals surface area contributed by atoms with Crippen LogP contribution in [0.25, 0.3) is 0 Å². The molecule has 0 saturated heterocycles. The average Bonchev–Trinajstić information content (AvgIpc) is 2.91. The monoisotopic (exact) mass is 372 g/mol. The second-order valence-electron chi connectivity index (χ2n) is 10.0. The number of hydrogen-bond acceptors (Lipinski definition) is 4. The Labute approximate surface area is 162 Å². The Balaban J connectivity index is 1.60. The highest BCUT2D eigenvalue weighted by Crippen LogP contribution is 2.65. The first-order valence-electron chi connectivity index (χ1n) is 10.6. The molecule has 0 aromatic heterocycles. The predicted octanol–water partition coefficient (Wildman–Crippen LogP) is 4.27. The third-order valence-corrected chi connectivity index (χ3v) is 8.60. The normalized spacial score (nSPS) is 46.0. The molecule has 0 heterocycles. The highest BCUT2D eigenvalue weighted by Gasteiger charge is 2.62. The van der Waals surface area contributed by atoms with E-state index in [0.717, 1.165) is 44.1 Å². The van der Waals surface area contributed by atoms with Crippen molar-refractivity contribution >= 4 is 17.5 Å². The largest absolute Gasteiger partial charge is 0.463 e. The molecule has 0 aliphatic heterocycles. The molecule has 0 aromatic carbocycles. The lowest BCUT2D eigenvalue weighted by Crippen LogP contribution is -2.57. The summed E-state index contributed by atoms with van der Waals surface area (Å²) in [5.41, 5.74) is 0.643. The molecule has 0 amide bonds. The van der Waals surface area contributed by atoms with Gasteiger partial charge in [0.1, 0.15) is 11.9 Å². The Kier molecular flexibility index (Phi) is 4.40. The van der Waals surface area contributed by atoms with Crippen molar-refractivity contribution in [1.82, 2.24) is 0 Å². The number of esters is 1. The second kappa shape index (κ2) is 6.28. The Bertz CT molecular complexity index is 722. The van der Waals surface area contributed by atoms with Crippen LogP contribution in [-0.2, 0) is 19.1 Å². The Hall–Kier alpha value is -1.45. The van der Waals surface area contributed by atoms with Crippen LogP contribution in [-0.4, -0.2) is 23.6 Å². The molecule has 4 nitrogen and oxygen atoms in total. The van der Waals surface area contributed by atoms with Crippen molar-refractivity contribution in [2.45, 2.75) is 78.7 Å². The molecule has 1 unspecified atom stereocenters. The van der Waals surface area contributed by atoms with E-state index >= 15 is 0 Å². The average molecular weight is 373 g/mol. The number of rotatable bonds is 2. The van der Waals surface area contributed by atoms with Crippen LogP contribution in [0.15, 0.2) is 11.6 Å². The fourth-order valence-electron chi connectivity index (χ4n) is 7.50. The zero-order chi connectivity index (χ0) is 19.6. The van der Waals surface area contributed by atoms with Crippen LogP contribution in [0.4, 0.5) is 0 Å². The molecule has 0 aromatic rings. The van der Waals surface area contributed by atoms with Gasteiger partial charge in [-0.05, 0) is 74.2 Å². The maximum atomic E-state index is 13.4. The Morgan fingerprint density at radius 1 is 1.15 bits per heavy atom. The van der Waals surface area contributed by atoms with E-state index < -0.39 is 0 Å². The van der Waals surface area contributed by atoms with Crippen LogP contribution < -0.4 is 0 Å². The molecule has 4 rings (SSSR count). The predicted molar refractivity (Wildman–Crippen MR) is 102 cm³/mol. The van der Waals surface area contributed by atoms with Crippen LogP contribution in [0.3, 0.4) is 0 Å². The van der Waals surface area contributed by atoms with Crippen LogP contribution in [0.5, 0.6) is 0 Å². The molecule has 4 aliphatic rings. The molecule has 4 heteroatoms. The van der Waals surface area contributed by atoms with E-state index in [9.17, 15) is 14.4 Å². The molecule has 3 saturated carbocycles. The fraction of sp³-hybridized carbons (Fsp3) is 0.783. The van der Waals surface area contributed by atoms with Crippen LogP contribution >= 0.6 is 0 Å². The number of Topliss-reactive ketones (excluding diaryl/α,β-unsaturated/α-hetero) is 2. The summed E-state index contributed by atoms with van der Waals surface area (Å²) >= 11 is 0. The third kappa shape index (κ3) is 2.74. The van der Waals surface area contributed by atoms with Crippen molar-refractivity contribution < 1.29 is 19.1 Å². The highest BCUT2D eigenvalue weighted by atomic mass is 16.5. The summed E-state index contributed by atoms with van der Waals surface area (Å²) in [7, 11) is 0. The first kappa shape index (κ1) is 18.9. The van der Waals surface area contributed by atoms with E-state index in [1.807, 2.05) is 0 Å². The molecule has 27 heavy (non-hydrogen) atoms. The lowest BCUT2D eigenvalue weighted by atomic mass is 9.44. The van der Waals surface area contributed by atoms with Crippen LogP contribution in [0, 0.1) is 34.5 Å². The minimum absolute atomic E-state index is 0.0109. The van der Waals surface area contributed by atoms with E-state index in [4.69, 9.17) is 4.74 Å². The molecular formula is C23H32O4. The van der Waals surface area contributed by atoms with E-state index in [-0.39, 0.29) is 34.6 Å². The van der Waals surface area contributed by atoms with Crippen LogP contribution in [0.1, 0.15) is 72.6 Å². The number of allylic oxidation sites excluding steroid dienone is 2. The molecule has 148 valence electrons. The Morgan fingerprint density at radius 3 is 2.56 bits per heavy atom. The molecule has 0 N–H and O–H groups in total. The van der Waals surface area contributed by atoms with Crippen molar-refractivity contribution in [3.8, 4) is 0 Å². The van der Waals surface area contributed by atoms with E-state index in [1.165, 1.54) is 6.92 Å². The van der Waals surface area contributed by atoms with Gasteiger partial charge in [-0.25, -0.2) is 0 Å². The van der Waals surface area contributed by atoms with Gasteiger partial charge in [0.2, 0.25) is 0 Å². The van der Waals surface area contributed by atoms with Crippen LogP contribution in [0.2, 0.25) is 0 Å². The van der Waals surface area contributed by atoms with Crippen molar-refractivity contribution in [3.05, 3.63) is 11.6 Å². The summed E-state index contributed by atoms with van der Waals surface area (Å²) < 4.78 is 5.50. The summed E-state index contributed by atoms with van der Waals surface area (Å²) in [6, 6.07) is 0. The summed E-state index contributed by atoms with van der Waals surface area (Å²) in [5, 5.41) is 0. The van der Waals surface area contributed by atoms with Gasteiger partial charge in [0.05, 0.1) is 0 Å². The van der Waals surface area contributed by atoms with Gasteiger partial charge < -0.3 is 4.74 Å². The van der Waals surface area contributed by atoms with Gasteiger partial charge in [0, 0.05) is 24.7 Å². The first-order chi connectivity index (χ1) is 12.7. The smallest absolute Gasteiger partial charge is 0.302 e. The zero-order valence-electron chi connectivity index (χ0n) is 17.0. The molecule has 0 spiro atoms. The lowest BCUT2D eigenvalue weighted by molar-refractivity contribution is -0.166. The number of hydrogen-bond donors (Lipinski definition) is 0. The molecule has 3 fully saturated rings. The van der Waals surface area contributed by atoms with Gasteiger partial charge in [0.25, 0.3) is 0 Å². The number of carbonyl (C=O) groups is 3. The van der Waals surface area contributed by atoms with Crippen molar-refractivity contribution in [2.24, 2.45) is 34.5 Å². The van der Waals surface area contributed by atoms with Gasteiger partial charge in [0.15, 0.2) is 5.78 Å². The quantitative estimate of drug-likeness (QED) is 0.679. The summed E-state index contributed by atoms with van der Waals surface area (Å²) in [5.74, 6) is 1.66. The molecule has 7 atom stereocenters. The second-order valence-corrected chi connectivity index (χ2v) is 10.0. The Morgan fingerprint density at radius 2 is 1.89 bits per heavy atom. The number of ketones is 2. The molecule has 4 aliphatic carbocycles. The van der Waals surface area contributed by atoms with E-state index in [0.29, 0.717) is 30.0 Å². The molecule has 0 bridgehead atoms. The van der Waals surface area contributed by atoms with Crippen molar-refractivity contribution in [2.75, 3.05) is 0 Å². The maximum Gasteiger partial charge on any atom is 0.302 e. The highest BCUT2D eigenvalue weighted by molar-refractivity contribution is 5.97. The molecule has 0 radical (unpaired) electrons. The topological polar surface area (TPSA) is 60.4 Å². The van der Waals surface area contributed by atoms with Crippen molar-refractivity contribution in [1.29, 1.82) is 0 Å². The lowest BCUT2D eigenvalue weighted by Gasteiger charge is -2.59. The van der Waals surface area contributed by atoms with Gasteiger partial charge in [-0.2, -0.15) is 0 Å². The van der Waals surface area contributed by atoms with Gasteiger partial charge in [-0.1, -0.05) is 19.9 Å². The van der Waals surface area contributed by atoms with E-state index in [2.05, 4.69) is 19.9 Å². The minimum Gasteiger partial charge on any atom is -0.463 e. The number of ether oxygens (including phenoxy) is 1. The van der Waals surface area contributed by atoms with E-state index in [1.54, 1.807) is 6.92 Å². The standard InChI is InChI=1S/C23H32O4/c1-13(24)18-7-8-19-17-6-5-15-11-16(27-14(2)25)9-10-22(15,3)21(17)20(26)12-23(18,19)4/h7,15-17,19,21H,5-6,8-12H2,1-4H3/t15-,16?,17-,19-,21+,22-,23+/m0/s1. The summed E-state index contributed by atoms with van der Waals surface area (Å²) in [6.45, 7) is 7.59.